The van der Waals surface area contributed by atoms with Gasteiger partial charge in [-0.1, -0.05) is 59.2 Å². The summed E-state index contributed by atoms with van der Waals surface area (Å²) in [6.45, 7) is 8.73. The summed E-state index contributed by atoms with van der Waals surface area (Å²) < 4.78 is 5.62. The van der Waals surface area contributed by atoms with Gasteiger partial charge in [-0.15, -0.1) is 0 Å². The van der Waals surface area contributed by atoms with Crippen LogP contribution in [0.1, 0.15) is 69.5 Å². The van der Waals surface area contributed by atoms with E-state index in [9.17, 15) is 9.90 Å². The van der Waals surface area contributed by atoms with E-state index < -0.39 is 17.8 Å². The van der Waals surface area contributed by atoms with Gasteiger partial charge in [0.1, 0.15) is 21.5 Å². The summed E-state index contributed by atoms with van der Waals surface area (Å²) in [5, 5.41) is 15.0. The number of carbonyl (C=O) groups is 1. The van der Waals surface area contributed by atoms with Gasteiger partial charge in [0.2, 0.25) is 0 Å². The van der Waals surface area contributed by atoms with Crippen LogP contribution in [-0.2, 0) is 11.2 Å². The third-order valence-electron chi connectivity index (χ3n) is 7.42. The second-order valence-electron chi connectivity index (χ2n) is 11.4. The standard InChI is InChI=1S/C29H33Cl2N5O3S/c1-17(37)23-26(33-16-21(34-23)40-20-9-12-32-25(31)22(20)30)36-13-10-29(11-14-36)15-18-7-5-6-8-19(18)24(29)35-27(38)39-28(2,3)4/h5-9,12,16-17,24,37H,10-11,13-15H2,1-4H3,(H,35,38)/t17?,24-/m1/s1. The second kappa shape index (κ2) is 11.4. The molecule has 1 amide bonds. The Labute approximate surface area is 248 Å². The van der Waals surface area contributed by atoms with Crippen molar-refractivity contribution in [3.63, 3.8) is 0 Å². The summed E-state index contributed by atoms with van der Waals surface area (Å²) >= 11 is 13.7. The van der Waals surface area contributed by atoms with E-state index in [2.05, 4.69) is 33.4 Å². The fourth-order valence-corrected chi connectivity index (χ4v) is 6.85. The summed E-state index contributed by atoms with van der Waals surface area (Å²) in [6.07, 6.45) is 4.63. The molecule has 1 spiro atoms. The normalized spacial score (nSPS) is 18.9. The number of benzene rings is 1. The third-order valence-corrected chi connectivity index (χ3v) is 9.26. The molecular formula is C29H33Cl2N5O3S. The van der Waals surface area contributed by atoms with Gasteiger partial charge >= 0.3 is 6.09 Å². The maximum atomic E-state index is 12.8. The first-order valence-electron chi connectivity index (χ1n) is 13.3. The molecule has 3 aromatic rings. The lowest BCUT2D eigenvalue weighted by Crippen LogP contribution is -2.48. The Hall–Kier alpha value is -2.59. The van der Waals surface area contributed by atoms with Crippen LogP contribution >= 0.6 is 35.0 Å². The van der Waals surface area contributed by atoms with Crippen LogP contribution in [0.3, 0.4) is 0 Å². The van der Waals surface area contributed by atoms with Crippen molar-refractivity contribution >= 4 is 46.9 Å². The molecule has 1 unspecified atom stereocenters. The largest absolute Gasteiger partial charge is 0.444 e. The minimum atomic E-state index is -0.812. The highest BCUT2D eigenvalue weighted by atomic mass is 35.5. The summed E-state index contributed by atoms with van der Waals surface area (Å²) in [6, 6.07) is 9.95. The number of alkyl carbamates (subject to hydrolysis) is 1. The van der Waals surface area contributed by atoms with Gasteiger partial charge in [0.25, 0.3) is 0 Å². The van der Waals surface area contributed by atoms with Crippen molar-refractivity contribution in [3.8, 4) is 0 Å². The van der Waals surface area contributed by atoms with E-state index in [1.54, 1.807) is 25.4 Å². The number of pyridine rings is 1. The van der Waals surface area contributed by atoms with Crippen LogP contribution in [-0.4, -0.2) is 44.8 Å². The van der Waals surface area contributed by atoms with E-state index in [1.807, 2.05) is 26.8 Å². The molecule has 3 heterocycles. The number of aliphatic hydroxyl groups is 1. The van der Waals surface area contributed by atoms with Crippen LogP contribution in [0, 0.1) is 5.41 Å². The first-order chi connectivity index (χ1) is 19.0. The van der Waals surface area contributed by atoms with E-state index in [0.717, 1.165) is 24.8 Å². The van der Waals surface area contributed by atoms with Gasteiger partial charge in [-0.3, -0.25) is 0 Å². The van der Waals surface area contributed by atoms with E-state index >= 15 is 0 Å². The SMILES string of the molecule is CC(O)c1nc(Sc2ccnc(Cl)c2Cl)cnc1N1CCC2(CC1)Cc1ccccc1[C@H]2NC(=O)OC(C)(C)C. The van der Waals surface area contributed by atoms with Crippen LogP contribution in [0.5, 0.6) is 0 Å². The Morgan fingerprint density at radius 1 is 1.20 bits per heavy atom. The molecule has 212 valence electrons. The fourth-order valence-electron chi connectivity index (χ4n) is 5.62. The van der Waals surface area contributed by atoms with E-state index in [-0.39, 0.29) is 16.6 Å². The molecule has 2 atom stereocenters. The molecule has 8 nitrogen and oxygen atoms in total. The Kier molecular flexibility index (Phi) is 8.21. The van der Waals surface area contributed by atoms with E-state index in [0.29, 0.717) is 39.5 Å². The van der Waals surface area contributed by atoms with Crippen LogP contribution in [0.25, 0.3) is 0 Å². The van der Waals surface area contributed by atoms with Crippen molar-refractivity contribution in [2.24, 2.45) is 5.41 Å². The molecule has 2 aromatic heterocycles. The van der Waals surface area contributed by atoms with E-state index in [1.165, 1.54) is 17.3 Å². The average Bonchev–Trinajstić information content (AvgIpc) is 3.18. The lowest BCUT2D eigenvalue weighted by atomic mass is 9.72. The Bertz CT molecular complexity index is 1410. The topological polar surface area (TPSA) is 100 Å². The fraction of sp³-hybridized carbons (Fsp3) is 0.448. The number of fused-ring (bicyclic) bond motifs is 1. The highest BCUT2D eigenvalue weighted by molar-refractivity contribution is 7.99. The average molecular weight is 603 g/mol. The van der Waals surface area contributed by atoms with Gasteiger partial charge in [-0.05, 0) is 64.2 Å². The minimum absolute atomic E-state index is 0.136. The highest BCUT2D eigenvalue weighted by Crippen LogP contribution is 2.52. The van der Waals surface area contributed by atoms with Gasteiger partial charge in [-0.25, -0.2) is 19.7 Å². The number of halogens is 2. The number of aliphatic hydroxyl groups excluding tert-OH is 1. The number of hydrogen-bond donors (Lipinski definition) is 2. The summed E-state index contributed by atoms with van der Waals surface area (Å²) in [5.41, 5.74) is 2.22. The maximum Gasteiger partial charge on any atom is 0.408 e. The second-order valence-corrected chi connectivity index (χ2v) is 13.2. The van der Waals surface area contributed by atoms with Crippen molar-refractivity contribution in [2.45, 2.75) is 74.6 Å². The molecule has 5 rings (SSSR count). The number of amides is 1. The van der Waals surface area contributed by atoms with Gasteiger partial charge < -0.3 is 20.1 Å². The molecule has 2 N–H and O–H groups in total. The smallest absolute Gasteiger partial charge is 0.408 e. The zero-order chi connectivity index (χ0) is 28.7. The zero-order valence-corrected chi connectivity index (χ0v) is 25.3. The van der Waals surface area contributed by atoms with Crippen molar-refractivity contribution in [3.05, 3.63) is 69.7 Å². The number of rotatable bonds is 5. The molecular weight excluding hydrogens is 569 g/mol. The van der Waals surface area contributed by atoms with Gasteiger partial charge in [0, 0.05) is 29.6 Å². The molecule has 2 aliphatic rings. The van der Waals surface area contributed by atoms with Crippen LogP contribution in [0.15, 0.2) is 52.6 Å². The van der Waals surface area contributed by atoms with Crippen LogP contribution in [0.4, 0.5) is 10.6 Å². The number of anilines is 1. The molecule has 0 radical (unpaired) electrons. The molecule has 0 saturated carbocycles. The van der Waals surface area contributed by atoms with E-state index in [4.69, 9.17) is 37.9 Å². The number of hydrogen-bond acceptors (Lipinski definition) is 8. The van der Waals surface area contributed by atoms with Crippen molar-refractivity contribution in [1.82, 2.24) is 20.3 Å². The van der Waals surface area contributed by atoms with Gasteiger partial charge in [0.15, 0.2) is 5.82 Å². The monoisotopic (exact) mass is 601 g/mol. The van der Waals surface area contributed by atoms with Crippen molar-refractivity contribution in [2.75, 3.05) is 18.0 Å². The minimum Gasteiger partial charge on any atom is -0.444 e. The number of carbonyl (C=O) groups excluding carboxylic acids is 1. The lowest BCUT2D eigenvalue weighted by Gasteiger charge is -2.44. The van der Waals surface area contributed by atoms with Gasteiger partial charge in [-0.2, -0.15) is 0 Å². The number of piperidine rings is 1. The van der Waals surface area contributed by atoms with Gasteiger partial charge in [0.05, 0.1) is 23.4 Å². The van der Waals surface area contributed by atoms with Crippen LogP contribution in [0.2, 0.25) is 10.2 Å². The molecule has 1 fully saturated rings. The molecule has 1 aliphatic heterocycles. The Balaban J connectivity index is 1.36. The molecule has 1 aliphatic carbocycles. The number of aromatic nitrogens is 3. The first-order valence-corrected chi connectivity index (χ1v) is 14.9. The molecule has 1 saturated heterocycles. The summed E-state index contributed by atoms with van der Waals surface area (Å²) in [5.74, 6) is 0.667. The Morgan fingerprint density at radius 3 is 2.62 bits per heavy atom. The summed E-state index contributed by atoms with van der Waals surface area (Å²) in [4.78, 5) is 29.2. The lowest BCUT2D eigenvalue weighted by molar-refractivity contribution is 0.0427. The third kappa shape index (κ3) is 6.03. The summed E-state index contributed by atoms with van der Waals surface area (Å²) in [7, 11) is 0. The molecule has 0 bridgehead atoms. The first kappa shape index (κ1) is 28.9. The quantitative estimate of drug-likeness (QED) is 0.308. The predicted octanol–water partition coefficient (Wildman–Crippen LogP) is 6.79. The number of ether oxygens (including phenoxy) is 1. The predicted molar refractivity (Wildman–Crippen MR) is 157 cm³/mol. The van der Waals surface area contributed by atoms with Crippen LogP contribution < -0.4 is 10.2 Å². The molecule has 1 aromatic carbocycles. The number of nitrogens with zero attached hydrogens (tertiary/aromatic N) is 4. The molecule has 11 heteroatoms. The van der Waals surface area contributed by atoms with Crippen molar-refractivity contribution in [1.29, 1.82) is 0 Å². The highest BCUT2D eigenvalue weighted by Gasteiger charge is 2.49. The zero-order valence-electron chi connectivity index (χ0n) is 22.9. The Morgan fingerprint density at radius 2 is 1.93 bits per heavy atom. The maximum absolute atomic E-state index is 12.8. The van der Waals surface area contributed by atoms with Crippen molar-refractivity contribution < 1.29 is 14.6 Å². The number of nitrogens with one attached hydrogen (secondary N) is 1. The molecule has 40 heavy (non-hydrogen) atoms.